The Labute approximate surface area is 226 Å². The Balaban J connectivity index is 1.47. The van der Waals surface area contributed by atoms with Crippen molar-refractivity contribution < 1.29 is 14.3 Å². The van der Waals surface area contributed by atoms with Gasteiger partial charge in [-0.1, -0.05) is 49.3 Å². The van der Waals surface area contributed by atoms with Crippen molar-refractivity contribution in [3.8, 4) is 17.2 Å². The Kier molecular flexibility index (Phi) is 9.09. The summed E-state index contributed by atoms with van der Waals surface area (Å²) in [5, 5.41) is 12.9. The van der Waals surface area contributed by atoms with Gasteiger partial charge < -0.3 is 14.8 Å². The van der Waals surface area contributed by atoms with Crippen molar-refractivity contribution in [3.05, 3.63) is 89.2 Å². The molecule has 1 aromatic heterocycles. The molecule has 0 fully saturated rings. The van der Waals surface area contributed by atoms with E-state index in [4.69, 9.17) is 21.1 Å². The molecule has 4 aromatic rings. The van der Waals surface area contributed by atoms with Gasteiger partial charge >= 0.3 is 0 Å². The standard InChI is InChI=1S/C28H29ClN4O3S/c1-4-19(2)20-5-9-22(10-6-20)30-27(34)18-37-28-32-31-26(17-36-25-13-7-21(29)8-14-25)33(28)23-11-15-24(35-3)16-12-23/h5-16,19H,4,17-18H2,1-3H3,(H,30,34)/t19-/m1/s1. The van der Waals surface area contributed by atoms with Crippen molar-refractivity contribution >= 4 is 35.0 Å². The summed E-state index contributed by atoms with van der Waals surface area (Å²) in [5.41, 5.74) is 2.87. The average Bonchev–Trinajstić information content (AvgIpc) is 3.34. The van der Waals surface area contributed by atoms with Crippen LogP contribution in [0.25, 0.3) is 5.69 Å². The number of methoxy groups -OCH3 is 1. The number of nitrogens with one attached hydrogen (secondary N) is 1. The minimum absolute atomic E-state index is 0.121. The lowest BCUT2D eigenvalue weighted by Crippen LogP contribution is -2.15. The average molecular weight is 537 g/mol. The first-order valence-corrected chi connectivity index (χ1v) is 13.3. The molecule has 4 rings (SSSR count). The number of carbonyl (C=O) groups excluding carboxylic acids is 1. The Morgan fingerprint density at radius 3 is 2.32 bits per heavy atom. The maximum Gasteiger partial charge on any atom is 0.234 e. The molecule has 0 radical (unpaired) electrons. The number of anilines is 1. The Hall–Kier alpha value is -3.49. The predicted octanol–water partition coefficient (Wildman–Crippen LogP) is 6.75. The molecule has 1 amide bonds. The van der Waals surface area contributed by atoms with Crippen molar-refractivity contribution in [3.63, 3.8) is 0 Å². The van der Waals surface area contributed by atoms with E-state index in [9.17, 15) is 4.79 Å². The lowest BCUT2D eigenvalue weighted by Gasteiger charge is -2.12. The molecule has 7 nitrogen and oxygen atoms in total. The van der Waals surface area contributed by atoms with Gasteiger partial charge in [0.2, 0.25) is 5.91 Å². The van der Waals surface area contributed by atoms with E-state index in [2.05, 4.69) is 41.5 Å². The van der Waals surface area contributed by atoms with E-state index in [0.717, 1.165) is 23.5 Å². The molecule has 192 valence electrons. The number of carbonyl (C=O) groups is 1. The molecule has 1 atom stereocenters. The van der Waals surface area contributed by atoms with Crippen LogP contribution in [-0.2, 0) is 11.4 Å². The quantitative estimate of drug-likeness (QED) is 0.213. The smallest absolute Gasteiger partial charge is 0.234 e. The highest BCUT2D eigenvalue weighted by molar-refractivity contribution is 7.99. The molecule has 0 unspecified atom stereocenters. The van der Waals surface area contributed by atoms with Crippen LogP contribution in [0.15, 0.2) is 78.0 Å². The number of amides is 1. The fourth-order valence-electron chi connectivity index (χ4n) is 3.61. The van der Waals surface area contributed by atoms with E-state index < -0.39 is 0 Å². The zero-order valence-corrected chi connectivity index (χ0v) is 22.6. The number of benzene rings is 3. The van der Waals surface area contributed by atoms with Gasteiger partial charge in [0, 0.05) is 16.4 Å². The topological polar surface area (TPSA) is 78.3 Å². The third kappa shape index (κ3) is 7.05. The zero-order valence-electron chi connectivity index (χ0n) is 21.0. The van der Waals surface area contributed by atoms with Crippen LogP contribution < -0.4 is 14.8 Å². The number of aromatic nitrogens is 3. The third-order valence-electron chi connectivity index (χ3n) is 5.92. The van der Waals surface area contributed by atoms with Crippen LogP contribution in [0.2, 0.25) is 5.02 Å². The van der Waals surface area contributed by atoms with Gasteiger partial charge in [-0.2, -0.15) is 0 Å². The molecule has 0 saturated heterocycles. The highest BCUT2D eigenvalue weighted by atomic mass is 35.5. The monoisotopic (exact) mass is 536 g/mol. The number of hydrogen-bond acceptors (Lipinski definition) is 6. The van der Waals surface area contributed by atoms with Gasteiger partial charge in [-0.05, 0) is 78.6 Å². The number of nitrogens with zero attached hydrogens (tertiary/aromatic N) is 3. The SMILES string of the molecule is CC[C@@H](C)c1ccc(NC(=O)CSc2nnc(COc3ccc(Cl)cc3)n2-c2ccc(OC)cc2)cc1. The molecule has 1 N–H and O–H groups in total. The van der Waals surface area contributed by atoms with Crippen molar-refractivity contribution in [2.24, 2.45) is 0 Å². The van der Waals surface area contributed by atoms with Crippen LogP contribution in [0.4, 0.5) is 5.69 Å². The summed E-state index contributed by atoms with van der Waals surface area (Å²) in [7, 11) is 1.62. The summed E-state index contributed by atoms with van der Waals surface area (Å²) in [5.74, 6) is 2.56. The number of rotatable bonds is 11. The van der Waals surface area contributed by atoms with Crippen molar-refractivity contribution in [1.82, 2.24) is 14.8 Å². The van der Waals surface area contributed by atoms with Crippen molar-refractivity contribution in [2.75, 3.05) is 18.2 Å². The summed E-state index contributed by atoms with van der Waals surface area (Å²) in [6, 6.07) is 22.7. The Morgan fingerprint density at radius 2 is 1.68 bits per heavy atom. The highest BCUT2D eigenvalue weighted by Gasteiger charge is 2.17. The second-order valence-electron chi connectivity index (χ2n) is 8.44. The van der Waals surface area contributed by atoms with Crippen LogP contribution in [0, 0.1) is 0 Å². The third-order valence-corrected chi connectivity index (χ3v) is 7.10. The molecule has 0 aliphatic heterocycles. The molecule has 0 saturated carbocycles. The van der Waals surface area contributed by atoms with E-state index in [1.807, 2.05) is 41.0 Å². The minimum atomic E-state index is -0.121. The maximum absolute atomic E-state index is 12.7. The number of halogens is 1. The molecular formula is C28H29ClN4O3S. The van der Waals surface area contributed by atoms with E-state index >= 15 is 0 Å². The lowest BCUT2D eigenvalue weighted by atomic mass is 9.99. The molecule has 0 spiro atoms. The summed E-state index contributed by atoms with van der Waals surface area (Å²) in [6.07, 6.45) is 1.07. The molecule has 0 aliphatic carbocycles. The largest absolute Gasteiger partial charge is 0.497 e. The maximum atomic E-state index is 12.7. The van der Waals surface area contributed by atoms with Crippen molar-refractivity contribution in [2.45, 2.75) is 37.9 Å². The first-order chi connectivity index (χ1) is 18.0. The molecule has 0 aliphatic rings. The summed E-state index contributed by atoms with van der Waals surface area (Å²) < 4.78 is 13.1. The summed E-state index contributed by atoms with van der Waals surface area (Å²) in [4.78, 5) is 12.7. The summed E-state index contributed by atoms with van der Waals surface area (Å²) in [6.45, 7) is 4.55. The van der Waals surface area contributed by atoms with Gasteiger partial charge in [0.05, 0.1) is 12.9 Å². The fraction of sp³-hybridized carbons (Fsp3) is 0.250. The fourth-order valence-corrected chi connectivity index (χ4v) is 4.51. The van der Waals surface area contributed by atoms with E-state index in [0.29, 0.717) is 27.7 Å². The van der Waals surface area contributed by atoms with E-state index in [-0.39, 0.29) is 18.3 Å². The molecular weight excluding hydrogens is 508 g/mol. The van der Waals surface area contributed by atoms with Gasteiger partial charge in [-0.3, -0.25) is 9.36 Å². The zero-order chi connectivity index (χ0) is 26.2. The number of hydrogen-bond donors (Lipinski definition) is 1. The van der Waals surface area contributed by atoms with Crippen LogP contribution in [0.1, 0.15) is 37.6 Å². The second-order valence-corrected chi connectivity index (χ2v) is 9.82. The highest BCUT2D eigenvalue weighted by Crippen LogP contribution is 2.26. The normalized spacial score (nSPS) is 11.7. The number of thioether (sulfide) groups is 1. The minimum Gasteiger partial charge on any atom is -0.497 e. The van der Waals surface area contributed by atoms with Gasteiger partial charge in [-0.15, -0.1) is 10.2 Å². The number of ether oxygens (including phenoxy) is 2. The Morgan fingerprint density at radius 1 is 1.00 bits per heavy atom. The van der Waals surface area contributed by atoms with Crippen LogP contribution >= 0.6 is 23.4 Å². The predicted molar refractivity (Wildman–Crippen MR) is 148 cm³/mol. The lowest BCUT2D eigenvalue weighted by molar-refractivity contribution is -0.113. The first-order valence-electron chi connectivity index (χ1n) is 12.0. The van der Waals surface area contributed by atoms with Crippen molar-refractivity contribution in [1.29, 1.82) is 0 Å². The van der Waals surface area contributed by atoms with Crippen LogP contribution in [0.3, 0.4) is 0 Å². The van der Waals surface area contributed by atoms with E-state index in [1.165, 1.54) is 17.3 Å². The van der Waals surface area contributed by atoms with E-state index in [1.54, 1.807) is 31.4 Å². The summed E-state index contributed by atoms with van der Waals surface area (Å²) >= 11 is 7.28. The van der Waals surface area contributed by atoms with Gasteiger partial charge in [0.15, 0.2) is 11.0 Å². The van der Waals surface area contributed by atoms with Gasteiger partial charge in [0.1, 0.15) is 18.1 Å². The molecule has 37 heavy (non-hydrogen) atoms. The van der Waals surface area contributed by atoms with Crippen LogP contribution in [0.5, 0.6) is 11.5 Å². The molecule has 0 bridgehead atoms. The molecule has 3 aromatic carbocycles. The van der Waals surface area contributed by atoms with Gasteiger partial charge in [-0.25, -0.2) is 0 Å². The Bertz CT molecular complexity index is 1310. The molecule has 9 heteroatoms. The van der Waals surface area contributed by atoms with Gasteiger partial charge in [0.25, 0.3) is 0 Å². The second kappa shape index (κ2) is 12.7. The first kappa shape index (κ1) is 26.6. The molecule has 1 heterocycles. The van der Waals surface area contributed by atoms with Crippen LogP contribution in [-0.4, -0.2) is 33.5 Å².